The Balaban J connectivity index is 2.15. The van der Waals surface area contributed by atoms with Crippen LogP contribution in [0.25, 0.3) is 0 Å². The molecule has 1 aromatic rings. The van der Waals surface area contributed by atoms with Gasteiger partial charge in [-0.15, -0.1) is 0 Å². The molecule has 0 spiro atoms. The number of para-hydroxylation sites is 1. The molecule has 1 fully saturated rings. The average molecular weight is 248 g/mol. The van der Waals surface area contributed by atoms with Crippen molar-refractivity contribution in [2.24, 2.45) is 0 Å². The minimum absolute atomic E-state index is 0.282. The van der Waals surface area contributed by atoms with Gasteiger partial charge in [-0.25, -0.2) is 0 Å². The summed E-state index contributed by atoms with van der Waals surface area (Å²) in [6.07, 6.45) is 3.83. The highest BCUT2D eigenvalue weighted by Crippen LogP contribution is 2.32. The van der Waals surface area contributed by atoms with E-state index in [2.05, 4.69) is 17.1 Å². The van der Waals surface area contributed by atoms with Crippen LogP contribution in [0.1, 0.15) is 37.8 Å². The molecule has 1 aliphatic rings. The molecule has 3 nitrogen and oxygen atoms in total. The Labute approximate surface area is 110 Å². The number of nitrogens with one attached hydrogen (secondary N) is 1. The van der Waals surface area contributed by atoms with Gasteiger partial charge >= 0.3 is 0 Å². The Hall–Kier alpha value is -1.06. The molecule has 1 heterocycles. The monoisotopic (exact) mass is 248 g/mol. The number of hydrogen-bond acceptors (Lipinski definition) is 3. The van der Waals surface area contributed by atoms with Gasteiger partial charge in [0.25, 0.3) is 0 Å². The molecule has 2 atom stereocenters. The number of likely N-dealkylation sites (tertiary alicyclic amines) is 1. The Morgan fingerprint density at radius 3 is 2.89 bits per heavy atom. The molecule has 2 rings (SSSR count). The highest BCUT2D eigenvalue weighted by molar-refractivity contribution is 5.34. The van der Waals surface area contributed by atoms with Crippen molar-refractivity contribution in [2.75, 3.05) is 20.1 Å². The van der Waals surface area contributed by atoms with Gasteiger partial charge < -0.3 is 10.4 Å². The Kier molecular flexibility index (Phi) is 4.61. The SMILES string of the molecule is CNCC1CCCCN1C(C)c1ccccc1O. The van der Waals surface area contributed by atoms with E-state index >= 15 is 0 Å². The molecule has 0 aliphatic carbocycles. The molecule has 100 valence electrons. The quantitative estimate of drug-likeness (QED) is 0.859. The van der Waals surface area contributed by atoms with Gasteiger partial charge in [-0.2, -0.15) is 0 Å². The highest BCUT2D eigenvalue weighted by Gasteiger charge is 2.27. The van der Waals surface area contributed by atoms with E-state index in [1.165, 1.54) is 19.3 Å². The first-order chi connectivity index (χ1) is 8.74. The predicted molar refractivity (Wildman–Crippen MR) is 74.8 cm³/mol. The van der Waals surface area contributed by atoms with Crippen LogP contribution in [0, 0.1) is 0 Å². The summed E-state index contributed by atoms with van der Waals surface area (Å²) in [7, 11) is 2.01. The van der Waals surface area contributed by atoms with Crippen LogP contribution in [-0.4, -0.2) is 36.2 Å². The van der Waals surface area contributed by atoms with E-state index in [1.807, 2.05) is 25.2 Å². The fraction of sp³-hybridized carbons (Fsp3) is 0.600. The smallest absolute Gasteiger partial charge is 0.120 e. The minimum atomic E-state index is 0.282. The molecule has 1 aromatic carbocycles. The van der Waals surface area contributed by atoms with Crippen molar-refractivity contribution >= 4 is 0 Å². The van der Waals surface area contributed by atoms with Crippen LogP contribution >= 0.6 is 0 Å². The Bertz CT molecular complexity index is 379. The third-order valence-electron chi connectivity index (χ3n) is 4.00. The molecule has 3 heteroatoms. The van der Waals surface area contributed by atoms with Crippen molar-refractivity contribution in [3.8, 4) is 5.75 Å². The molecule has 0 aromatic heterocycles. The molecule has 2 N–H and O–H groups in total. The maximum atomic E-state index is 9.99. The molecular formula is C15H24N2O. The second kappa shape index (κ2) is 6.21. The van der Waals surface area contributed by atoms with Crippen LogP contribution in [-0.2, 0) is 0 Å². The average Bonchev–Trinajstić information content (AvgIpc) is 2.40. The lowest BCUT2D eigenvalue weighted by Crippen LogP contribution is -2.45. The molecule has 2 unspecified atom stereocenters. The van der Waals surface area contributed by atoms with E-state index in [9.17, 15) is 5.11 Å². The summed E-state index contributed by atoms with van der Waals surface area (Å²) in [6.45, 7) is 4.35. The lowest BCUT2D eigenvalue weighted by molar-refractivity contribution is 0.102. The number of phenols is 1. The summed E-state index contributed by atoms with van der Waals surface area (Å²) in [5.41, 5.74) is 1.04. The van der Waals surface area contributed by atoms with Crippen molar-refractivity contribution in [2.45, 2.75) is 38.3 Å². The van der Waals surface area contributed by atoms with E-state index in [0.29, 0.717) is 11.8 Å². The molecule has 1 aliphatic heterocycles. The van der Waals surface area contributed by atoms with E-state index in [-0.39, 0.29) is 6.04 Å². The number of aromatic hydroxyl groups is 1. The minimum Gasteiger partial charge on any atom is -0.508 e. The van der Waals surface area contributed by atoms with Gasteiger partial charge in [-0.3, -0.25) is 4.90 Å². The summed E-state index contributed by atoms with van der Waals surface area (Å²) in [5.74, 6) is 0.416. The number of rotatable bonds is 4. The van der Waals surface area contributed by atoms with Crippen LogP contribution in [0.4, 0.5) is 0 Å². The first-order valence-corrected chi connectivity index (χ1v) is 6.92. The zero-order chi connectivity index (χ0) is 13.0. The first kappa shape index (κ1) is 13.4. The number of hydrogen-bond donors (Lipinski definition) is 2. The Morgan fingerprint density at radius 2 is 2.17 bits per heavy atom. The fourth-order valence-electron chi connectivity index (χ4n) is 3.01. The van der Waals surface area contributed by atoms with Gasteiger partial charge in [0.05, 0.1) is 0 Å². The van der Waals surface area contributed by atoms with Crippen molar-refractivity contribution in [3.63, 3.8) is 0 Å². The molecule has 0 radical (unpaired) electrons. The van der Waals surface area contributed by atoms with E-state index in [4.69, 9.17) is 0 Å². The summed E-state index contributed by atoms with van der Waals surface area (Å²) < 4.78 is 0. The second-order valence-corrected chi connectivity index (χ2v) is 5.18. The molecule has 0 saturated carbocycles. The van der Waals surface area contributed by atoms with Gasteiger partial charge in [0.1, 0.15) is 5.75 Å². The number of piperidine rings is 1. The van der Waals surface area contributed by atoms with Gasteiger partial charge in [0.2, 0.25) is 0 Å². The summed E-state index contributed by atoms with van der Waals surface area (Å²) >= 11 is 0. The van der Waals surface area contributed by atoms with Gasteiger partial charge in [0.15, 0.2) is 0 Å². The standard InChI is InChI=1S/C15H24N2O/c1-12(14-8-3-4-9-15(14)18)17-10-6-5-7-13(17)11-16-2/h3-4,8-9,12-13,16,18H,5-7,10-11H2,1-2H3. The lowest BCUT2D eigenvalue weighted by atomic mass is 9.96. The fourth-order valence-corrected chi connectivity index (χ4v) is 3.01. The predicted octanol–water partition coefficient (Wildman–Crippen LogP) is 2.53. The number of phenolic OH excluding ortho intramolecular Hbond substituents is 1. The summed E-state index contributed by atoms with van der Waals surface area (Å²) in [6, 6.07) is 8.56. The number of nitrogens with zero attached hydrogens (tertiary/aromatic N) is 1. The third kappa shape index (κ3) is 2.85. The van der Waals surface area contributed by atoms with Crippen molar-refractivity contribution in [1.29, 1.82) is 0 Å². The van der Waals surface area contributed by atoms with Crippen molar-refractivity contribution in [3.05, 3.63) is 29.8 Å². The normalized spacial score (nSPS) is 22.9. The third-order valence-corrected chi connectivity index (χ3v) is 4.00. The van der Waals surface area contributed by atoms with E-state index < -0.39 is 0 Å². The van der Waals surface area contributed by atoms with Gasteiger partial charge in [-0.05, 0) is 39.4 Å². The summed E-state index contributed by atoms with van der Waals surface area (Å²) in [5, 5.41) is 13.3. The number of benzene rings is 1. The van der Waals surface area contributed by atoms with Crippen LogP contribution in [0.2, 0.25) is 0 Å². The van der Waals surface area contributed by atoms with Crippen LogP contribution in [0.5, 0.6) is 5.75 Å². The lowest BCUT2D eigenvalue weighted by Gasteiger charge is -2.40. The molecule has 0 amide bonds. The van der Waals surface area contributed by atoms with Crippen LogP contribution < -0.4 is 5.32 Å². The molecule has 1 saturated heterocycles. The maximum absolute atomic E-state index is 9.99. The molecule has 0 bridgehead atoms. The zero-order valence-electron chi connectivity index (χ0n) is 11.4. The van der Waals surface area contributed by atoms with Crippen molar-refractivity contribution < 1.29 is 5.11 Å². The van der Waals surface area contributed by atoms with Crippen LogP contribution in [0.3, 0.4) is 0 Å². The first-order valence-electron chi connectivity index (χ1n) is 6.92. The summed E-state index contributed by atoms with van der Waals surface area (Å²) in [4.78, 5) is 2.52. The van der Waals surface area contributed by atoms with E-state index in [1.54, 1.807) is 6.07 Å². The highest BCUT2D eigenvalue weighted by atomic mass is 16.3. The maximum Gasteiger partial charge on any atom is 0.120 e. The molecular weight excluding hydrogens is 224 g/mol. The van der Waals surface area contributed by atoms with Gasteiger partial charge in [-0.1, -0.05) is 24.6 Å². The zero-order valence-corrected chi connectivity index (χ0v) is 11.4. The second-order valence-electron chi connectivity index (χ2n) is 5.18. The van der Waals surface area contributed by atoms with Gasteiger partial charge in [0, 0.05) is 24.2 Å². The van der Waals surface area contributed by atoms with Crippen molar-refractivity contribution in [1.82, 2.24) is 10.2 Å². The topological polar surface area (TPSA) is 35.5 Å². The molecule has 18 heavy (non-hydrogen) atoms. The Morgan fingerprint density at radius 1 is 1.39 bits per heavy atom. The van der Waals surface area contributed by atoms with Crippen LogP contribution in [0.15, 0.2) is 24.3 Å². The van der Waals surface area contributed by atoms with E-state index in [0.717, 1.165) is 18.7 Å². The largest absolute Gasteiger partial charge is 0.508 e. The number of likely N-dealkylation sites (N-methyl/N-ethyl adjacent to an activating group) is 1.